The molecule has 0 aliphatic carbocycles. The molecule has 0 radical (unpaired) electrons. The van der Waals surface area contributed by atoms with Crippen molar-refractivity contribution < 1.29 is 42.1 Å². The minimum atomic E-state index is -4.36. The van der Waals surface area contributed by atoms with Crippen molar-refractivity contribution in [3.8, 4) is 0 Å². The fraction of sp³-hybridized carbons (Fsp3) is 0.850. The zero-order chi connectivity index (χ0) is 37.2. The lowest BCUT2D eigenvalue weighted by Crippen LogP contribution is -2.37. The van der Waals surface area contributed by atoms with Crippen LogP contribution < -0.4 is 0 Å². The van der Waals surface area contributed by atoms with Gasteiger partial charge in [0.1, 0.15) is 19.8 Å². The number of hydrogen-bond donors (Lipinski definition) is 1. The highest BCUT2D eigenvalue weighted by Gasteiger charge is 2.27. The van der Waals surface area contributed by atoms with E-state index in [1.807, 2.05) is 21.1 Å². The predicted octanol–water partition coefficient (Wildman–Crippen LogP) is 10.8. The first-order valence-corrected chi connectivity index (χ1v) is 21.6. The Morgan fingerprint density at radius 1 is 0.620 bits per heavy atom. The van der Waals surface area contributed by atoms with E-state index in [2.05, 4.69) is 38.2 Å². The Kier molecular flexibility index (Phi) is 32.3. The zero-order valence-corrected chi connectivity index (χ0v) is 33.8. The number of phosphoric ester groups is 1. The van der Waals surface area contributed by atoms with Gasteiger partial charge in [-0.15, -0.1) is 0 Å². The van der Waals surface area contributed by atoms with Gasteiger partial charge in [-0.05, 0) is 44.9 Å². The van der Waals surface area contributed by atoms with Crippen LogP contribution in [-0.2, 0) is 32.7 Å². The molecule has 2 unspecified atom stereocenters. The Balaban J connectivity index is 4.29. The number of allylic oxidation sites excluding steroid dienone is 4. The van der Waals surface area contributed by atoms with E-state index >= 15 is 0 Å². The molecule has 1 N–H and O–H groups in total. The van der Waals surface area contributed by atoms with Gasteiger partial charge in [-0.1, -0.05) is 134 Å². The van der Waals surface area contributed by atoms with E-state index in [1.165, 1.54) is 89.9 Å². The topological polar surface area (TPSA) is 108 Å². The van der Waals surface area contributed by atoms with Crippen molar-refractivity contribution in [2.24, 2.45) is 0 Å². The summed E-state index contributed by atoms with van der Waals surface area (Å²) in [6.45, 7) is 4.34. The lowest BCUT2D eigenvalue weighted by atomic mass is 10.1. The number of phosphoric acid groups is 1. The van der Waals surface area contributed by atoms with Gasteiger partial charge in [0.15, 0.2) is 6.10 Å². The van der Waals surface area contributed by atoms with Gasteiger partial charge in [-0.3, -0.25) is 18.6 Å². The summed E-state index contributed by atoms with van der Waals surface area (Å²) >= 11 is 0. The SMILES string of the molecule is CCCCC/C=C\C/C=C\CCCCCCCCCCCC(=O)OC(COC(=O)CCCCCCCCC)COP(=O)(O)OCC[N+](C)(C)C. The van der Waals surface area contributed by atoms with E-state index in [1.54, 1.807) is 0 Å². The first kappa shape index (κ1) is 48.5. The predicted molar refractivity (Wildman–Crippen MR) is 206 cm³/mol. The summed E-state index contributed by atoms with van der Waals surface area (Å²) in [5.41, 5.74) is 0. The molecule has 0 aromatic rings. The molecule has 0 saturated carbocycles. The maximum Gasteiger partial charge on any atom is 0.472 e. The van der Waals surface area contributed by atoms with Crippen LogP contribution in [0.2, 0.25) is 0 Å². The second kappa shape index (κ2) is 33.3. The van der Waals surface area contributed by atoms with Crippen LogP contribution >= 0.6 is 7.82 Å². The molecule has 50 heavy (non-hydrogen) atoms. The van der Waals surface area contributed by atoms with E-state index in [0.717, 1.165) is 44.9 Å². The van der Waals surface area contributed by atoms with Crippen LogP contribution in [-0.4, -0.2) is 74.9 Å². The van der Waals surface area contributed by atoms with Crippen molar-refractivity contribution in [1.82, 2.24) is 0 Å². The molecule has 0 aromatic carbocycles. The number of quaternary nitrogens is 1. The Labute approximate surface area is 307 Å². The molecule has 0 aliphatic rings. The summed E-state index contributed by atoms with van der Waals surface area (Å²) in [5, 5.41) is 0. The third kappa shape index (κ3) is 36.3. The van der Waals surface area contributed by atoms with E-state index in [0.29, 0.717) is 17.4 Å². The second-order valence-electron chi connectivity index (χ2n) is 14.7. The van der Waals surface area contributed by atoms with Crippen molar-refractivity contribution >= 4 is 19.8 Å². The molecular weight excluding hydrogens is 653 g/mol. The van der Waals surface area contributed by atoms with Crippen LogP contribution in [0.4, 0.5) is 0 Å². The smallest absolute Gasteiger partial charge is 0.462 e. The van der Waals surface area contributed by atoms with Crippen molar-refractivity contribution in [2.75, 3.05) is 47.5 Å². The number of unbranched alkanes of at least 4 members (excludes halogenated alkanes) is 18. The lowest BCUT2D eigenvalue weighted by molar-refractivity contribution is -0.870. The first-order valence-electron chi connectivity index (χ1n) is 20.1. The summed E-state index contributed by atoms with van der Waals surface area (Å²) in [5.74, 6) is -0.809. The summed E-state index contributed by atoms with van der Waals surface area (Å²) in [7, 11) is 1.47. The molecule has 2 atom stereocenters. The average molecular weight is 731 g/mol. The third-order valence-electron chi connectivity index (χ3n) is 8.48. The number of ether oxygens (including phenoxy) is 2. The largest absolute Gasteiger partial charge is 0.472 e. The number of carbonyl (C=O) groups is 2. The van der Waals surface area contributed by atoms with Crippen LogP contribution in [0.3, 0.4) is 0 Å². The number of likely N-dealkylation sites (N-methyl/N-ethyl adjacent to an activating group) is 1. The molecule has 0 rings (SSSR count). The summed E-state index contributed by atoms with van der Waals surface area (Å²) < 4.78 is 34.1. The Morgan fingerprint density at radius 2 is 1.08 bits per heavy atom. The third-order valence-corrected chi connectivity index (χ3v) is 9.47. The molecule has 0 fully saturated rings. The molecule has 0 aromatic heterocycles. The summed E-state index contributed by atoms with van der Waals surface area (Å²) in [6, 6.07) is 0. The van der Waals surface area contributed by atoms with Gasteiger partial charge in [-0.25, -0.2) is 4.57 Å². The number of nitrogens with zero attached hydrogens (tertiary/aromatic N) is 1. The van der Waals surface area contributed by atoms with Crippen LogP contribution in [0.25, 0.3) is 0 Å². The Morgan fingerprint density at radius 3 is 1.62 bits per heavy atom. The highest BCUT2D eigenvalue weighted by atomic mass is 31.2. The molecule has 0 spiro atoms. The highest BCUT2D eigenvalue weighted by Crippen LogP contribution is 2.43. The molecule has 0 bridgehead atoms. The minimum Gasteiger partial charge on any atom is -0.462 e. The van der Waals surface area contributed by atoms with Gasteiger partial charge in [0.2, 0.25) is 0 Å². The van der Waals surface area contributed by atoms with Crippen molar-refractivity contribution in [2.45, 2.75) is 174 Å². The average Bonchev–Trinajstić information content (AvgIpc) is 3.06. The fourth-order valence-electron chi connectivity index (χ4n) is 5.28. The van der Waals surface area contributed by atoms with Gasteiger partial charge in [0.25, 0.3) is 0 Å². The number of esters is 2. The number of carbonyl (C=O) groups excluding carboxylic acids is 2. The highest BCUT2D eigenvalue weighted by molar-refractivity contribution is 7.47. The van der Waals surface area contributed by atoms with Crippen LogP contribution in [0.1, 0.15) is 168 Å². The van der Waals surface area contributed by atoms with Crippen molar-refractivity contribution in [3.05, 3.63) is 24.3 Å². The van der Waals surface area contributed by atoms with Gasteiger partial charge in [0, 0.05) is 12.8 Å². The van der Waals surface area contributed by atoms with E-state index in [4.69, 9.17) is 18.5 Å². The van der Waals surface area contributed by atoms with Crippen LogP contribution in [0.5, 0.6) is 0 Å². The molecule has 0 amide bonds. The van der Waals surface area contributed by atoms with Gasteiger partial charge >= 0.3 is 19.8 Å². The summed E-state index contributed by atoms with van der Waals surface area (Å²) in [4.78, 5) is 35.1. The molecule has 0 aliphatic heterocycles. The molecular formula is C40H77NO8P+. The number of rotatable bonds is 36. The quantitative estimate of drug-likeness (QED) is 0.0223. The van der Waals surface area contributed by atoms with Crippen molar-refractivity contribution in [3.63, 3.8) is 0 Å². The van der Waals surface area contributed by atoms with E-state index in [-0.39, 0.29) is 32.0 Å². The molecule has 0 heterocycles. The lowest BCUT2D eigenvalue weighted by Gasteiger charge is -2.24. The molecule has 0 saturated heterocycles. The first-order chi connectivity index (χ1) is 24.0. The maximum atomic E-state index is 12.6. The normalized spacial score (nSPS) is 14.0. The van der Waals surface area contributed by atoms with Crippen LogP contribution in [0.15, 0.2) is 24.3 Å². The van der Waals surface area contributed by atoms with E-state index < -0.39 is 26.5 Å². The monoisotopic (exact) mass is 731 g/mol. The van der Waals surface area contributed by atoms with Crippen LogP contribution in [0, 0.1) is 0 Å². The molecule has 294 valence electrons. The van der Waals surface area contributed by atoms with Crippen molar-refractivity contribution in [1.29, 1.82) is 0 Å². The Bertz CT molecular complexity index is 918. The van der Waals surface area contributed by atoms with Gasteiger partial charge in [-0.2, -0.15) is 0 Å². The van der Waals surface area contributed by atoms with E-state index in [9.17, 15) is 19.0 Å². The molecule has 10 heteroatoms. The minimum absolute atomic E-state index is 0.0321. The summed E-state index contributed by atoms with van der Waals surface area (Å²) in [6.07, 6.45) is 33.8. The standard InChI is InChI=1S/C40H76NO8P/c1-6-8-10-12-14-15-16-17-18-19-20-21-22-23-24-25-27-29-31-33-40(43)49-38(37-48-50(44,45)47-35-34-41(3,4)5)36-46-39(42)32-30-28-26-13-11-9-7-2/h14-15,17-18,38H,6-13,16,19-37H2,1-5H3/p+1/b15-14-,18-17-. The maximum absolute atomic E-state index is 12.6. The number of hydrogen-bond acceptors (Lipinski definition) is 7. The fourth-order valence-corrected chi connectivity index (χ4v) is 6.02. The van der Waals surface area contributed by atoms with Gasteiger partial charge in [0.05, 0.1) is 27.7 Å². The zero-order valence-electron chi connectivity index (χ0n) is 32.9. The Hall–Kier alpha value is -1.51. The van der Waals surface area contributed by atoms with Gasteiger partial charge < -0.3 is 18.9 Å². The second-order valence-corrected chi connectivity index (χ2v) is 16.1. The molecule has 9 nitrogen and oxygen atoms in total.